The lowest BCUT2D eigenvalue weighted by Crippen LogP contribution is -2.57. The highest BCUT2D eigenvalue weighted by Crippen LogP contribution is 2.30. The number of para-hydroxylation sites is 4. The van der Waals surface area contributed by atoms with Crippen LogP contribution in [0.25, 0.3) is 6.08 Å². The summed E-state index contributed by atoms with van der Waals surface area (Å²) in [5, 5.41) is 2.74. The maximum atomic E-state index is 13.5. The molecule has 204 valence electrons. The smallest absolute Gasteiger partial charge is 0.343 e. The molecule has 1 saturated heterocycles. The van der Waals surface area contributed by atoms with Crippen molar-refractivity contribution in [3.05, 3.63) is 120 Å². The molecular weight excluding hydrogens is 522 g/mol. The molecular formula is C32H25N3O6. The van der Waals surface area contributed by atoms with Gasteiger partial charge in [-0.3, -0.25) is 14.4 Å². The molecule has 0 aliphatic carbocycles. The summed E-state index contributed by atoms with van der Waals surface area (Å²) in [5.74, 6) is -1.03. The molecule has 0 aromatic heterocycles. The number of carbonyl (C=O) groups excluding carboxylic acids is 4. The Morgan fingerprint density at radius 2 is 1.34 bits per heavy atom. The van der Waals surface area contributed by atoms with Gasteiger partial charge in [0, 0.05) is 0 Å². The van der Waals surface area contributed by atoms with Crippen LogP contribution >= 0.6 is 0 Å². The van der Waals surface area contributed by atoms with Crippen molar-refractivity contribution in [2.75, 3.05) is 28.8 Å². The van der Waals surface area contributed by atoms with Gasteiger partial charge in [-0.05, 0) is 60.2 Å². The molecule has 4 aromatic rings. The Morgan fingerprint density at radius 1 is 0.756 bits per heavy atom. The molecule has 0 atom stereocenters. The maximum Gasteiger partial charge on any atom is 0.343 e. The summed E-state index contributed by atoms with van der Waals surface area (Å²) in [6.45, 7) is -0.284. The van der Waals surface area contributed by atoms with E-state index in [1.165, 1.54) is 13.2 Å². The summed E-state index contributed by atoms with van der Waals surface area (Å²) in [7, 11) is 1.51. The van der Waals surface area contributed by atoms with Gasteiger partial charge in [-0.25, -0.2) is 14.6 Å². The van der Waals surface area contributed by atoms with Crippen LogP contribution in [0.15, 0.2) is 115 Å². The zero-order valence-electron chi connectivity index (χ0n) is 22.0. The first kappa shape index (κ1) is 26.9. The molecule has 0 bridgehead atoms. The Morgan fingerprint density at radius 3 is 1.95 bits per heavy atom. The van der Waals surface area contributed by atoms with Gasteiger partial charge in [0.2, 0.25) is 0 Å². The van der Waals surface area contributed by atoms with Crippen molar-refractivity contribution in [2.45, 2.75) is 0 Å². The minimum Gasteiger partial charge on any atom is -0.495 e. The molecule has 1 N–H and O–H groups in total. The number of nitrogens with zero attached hydrogens (tertiary/aromatic N) is 2. The highest BCUT2D eigenvalue weighted by molar-refractivity contribution is 6.46. The van der Waals surface area contributed by atoms with Crippen molar-refractivity contribution in [3.63, 3.8) is 0 Å². The topological polar surface area (TPSA) is 105 Å². The fourth-order valence-electron chi connectivity index (χ4n) is 4.28. The number of barbiturate groups is 1. The Hall–Kier alpha value is -5.70. The molecule has 0 unspecified atom stereocenters. The number of amides is 5. The van der Waals surface area contributed by atoms with E-state index in [4.69, 9.17) is 9.47 Å². The van der Waals surface area contributed by atoms with E-state index in [9.17, 15) is 19.2 Å². The first-order valence-electron chi connectivity index (χ1n) is 12.7. The summed E-state index contributed by atoms with van der Waals surface area (Å²) in [6.07, 6.45) is 1.41. The Labute approximate surface area is 236 Å². The third-order valence-electron chi connectivity index (χ3n) is 6.20. The minimum absolute atomic E-state index is 0.205. The molecule has 1 aliphatic rings. The molecule has 4 aromatic carbocycles. The Bertz CT molecular complexity index is 1570. The number of methoxy groups -OCH3 is 1. The molecule has 0 radical (unpaired) electrons. The van der Waals surface area contributed by atoms with Crippen LogP contribution in [0, 0.1) is 0 Å². The highest BCUT2D eigenvalue weighted by Gasteiger charge is 2.43. The normalized spacial score (nSPS) is 13.2. The zero-order chi connectivity index (χ0) is 28.8. The van der Waals surface area contributed by atoms with Crippen LogP contribution < -0.4 is 24.6 Å². The lowest BCUT2D eigenvalue weighted by atomic mass is 10.0. The summed E-state index contributed by atoms with van der Waals surface area (Å²) in [4.78, 5) is 55.0. The molecule has 0 saturated carbocycles. The lowest BCUT2D eigenvalue weighted by Gasteiger charge is -2.33. The Balaban J connectivity index is 1.40. The molecule has 41 heavy (non-hydrogen) atoms. The van der Waals surface area contributed by atoms with Crippen LogP contribution in [0.5, 0.6) is 11.5 Å². The van der Waals surface area contributed by atoms with E-state index in [-0.39, 0.29) is 12.2 Å². The second-order valence-corrected chi connectivity index (χ2v) is 8.90. The highest BCUT2D eigenvalue weighted by atomic mass is 16.5. The molecule has 9 nitrogen and oxygen atoms in total. The zero-order valence-corrected chi connectivity index (χ0v) is 22.0. The second kappa shape index (κ2) is 12.0. The number of anilines is 3. The number of imide groups is 2. The van der Waals surface area contributed by atoms with Crippen LogP contribution in [0.4, 0.5) is 21.9 Å². The van der Waals surface area contributed by atoms with E-state index in [0.717, 1.165) is 9.80 Å². The van der Waals surface area contributed by atoms with Gasteiger partial charge in [0.15, 0.2) is 6.61 Å². The van der Waals surface area contributed by atoms with Crippen LogP contribution in [0.1, 0.15) is 5.56 Å². The number of hydrogen-bond donors (Lipinski definition) is 1. The molecule has 5 rings (SSSR count). The predicted octanol–water partition coefficient (Wildman–Crippen LogP) is 5.30. The van der Waals surface area contributed by atoms with Crippen molar-refractivity contribution < 1.29 is 28.7 Å². The fourth-order valence-corrected chi connectivity index (χ4v) is 4.28. The average Bonchev–Trinajstić information content (AvgIpc) is 3.00. The van der Waals surface area contributed by atoms with E-state index >= 15 is 0 Å². The van der Waals surface area contributed by atoms with E-state index < -0.39 is 23.8 Å². The monoisotopic (exact) mass is 547 g/mol. The quantitative estimate of drug-likeness (QED) is 0.237. The molecule has 5 amide bonds. The second-order valence-electron chi connectivity index (χ2n) is 8.90. The number of hydrogen-bond acceptors (Lipinski definition) is 6. The van der Waals surface area contributed by atoms with Gasteiger partial charge in [0.25, 0.3) is 17.7 Å². The number of urea groups is 1. The van der Waals surface area contributed by atoms with Gasteiger partial charge in [-0.1, -0.05) is 60.7 Å². The molecule has 1 fully saturated rings. The molecule has 0 spiro atoms. The van der Waals surface area contributed by atoms with Gasteiger partial charge < -0.3 is 14.8 Å². The third kappa shape index (κ3) is 5.84. The van der Waals surface area contributed by atoms with Crippen molar-refractivity contribution >= 4 is 46.9 Å². The summed E-state index contributed by atoms with van der Waals surface area (Å²) < 4.78 is 10.9. The van der Waals surface area contributed by atoms with E-state index in [1.54, 1.807) is 109 Å². The van der Waals surface area contributed by atoms with E-state index in [1.807, 2.05) is 0 Å². The number of nitrogens with one attached hydrogen (secondary N) is 1. The number of rotatable bonds is 8. The van der Waals surface area contributed by atoms with Gasteiger partial charge in [0.05, 0.1) is 24.2 Å². The first-order valence-corrected chi connectivity index (χ1v) is 12.7. The number of ether oxygens (including phenoxy) is 2. The van der Waals surface area contributed by atoms with Gasteiger partial charge in [-0.15, -0.1) is 0 Å². The minimum atomic E-state index is -0.771. The number of benzene rings is 4. The van der Waals surface area contributed by atoms with Crippen molar-refractivity contribution in [1.29, 1.82) is 0 Å². The molecule has 9 heteroatoms. The van der Waals surface area contributed by atoms with E-state index in [2.05, 4.69) is 5.32 Å². The maximum absolute atomic E-state index is 13.5. The van der Waals surface area contributed by atoms with Crippen molar-refractivity contribution in [2.24, 2.45) is 0 Å². The SMILES string of the molecule is COc1ccccc1NC(=O)COc1cccc(C=C2C(=O)N(c3ccccc3)C(=O)N(c3ccccc3)C2=O)c1. The van der Waals surface area contributed by atoms with Gasteiger partial charge in [0.1, 0.15) is 17.1 Å². The largest absolute Gasteiger partial charge is 0.495 e. The van der Waals surface area contributed by atoms with Crippen LogP contribution in [-0.2, 0) is 14.4 Å². The van der Waals surface area contributed by atoms with Crippen LogP contribution in [0.3, 0.4) is 0 Å². The third-order valence-corrected chi connectivity index (χ3v) is 6.20. The van der Waals surface area contributed by atoms with Crippen molar-refractivity contribution in [1.82, 2.24) is 0 Å². The summed E-state index contributed by atoms with van der Waals surface area (Å²) in [6, 6.07) is 29.7. The van der Waals surface area contributed by atoms with Gasteiger partial charge >= 0.3 is 6.03 Å². The average molecular weight is 548 g/mol. The van der Waals surface area contributed by atoms with E-state index in [0.29, 0.717) is 34.1 Å². The first-order chi connectivity index (χ1) is 20.0. The fraction of sp³-hybridized carbons (Fsp3) is 0.0625. The van der Waals surface area contributed by atoms with Crippen molar-refractivity contribution in [3.8, 4) is 11.5 Å². The summed E-state index contributed by atoms with van der Waals surface area (Å²) >= 11 is 0. The predicted molar refractivity (Wildman–Crippen MR) is 155 cm³/mol. The van der Waals surface area contributed by atoms with Crippen LogP contribution in [-0.4, -0.2) is 37.5 Å². The number of carbonyl (C=O) groups is 4. The molecule has 1 heterocycles. The standard InChI is InChI=1S/C32H25N3O6/c1-40-28-18-9-8-17-27(28)33-29(36)21-41-25-16-10-11-22(19-25)20-26-30(37)34(23-12-4-2-5-13-23)32(39)35(31(26)38)24-14-6-3-7-15-24/h2-20H,21H2,1H3,(H,33,36). The Kier molecular flexibility index (Phi) is 7.87. The lowest BCUT2D eigenvalue weighted by molar-refractivity contribution is -0.121. The molecule has 1 aliphatic heterocycles. The van der Waals surface area contributed by atoms with Crippen LogP contribution in [0.2, 0.25) is 0 Å². The summed E-state index contributed by atoms with van der Waals surface area (Å²) in [5.41, 5.74) is 1.44. The van der Waals surface area contributed by atoms with Gasteiger partial charge in [-0.2, -0.15) is 0 Å².